The van der Waals surface area contributed by atoms with Crippen LogP contribution in [0.4, 0.5) is 19.0 Å². The summed E-state index contributed by atoms with van der Waals surface area (Å²) in [6.07, 6.45) is -4.20. The van der Waals surface area contributed by atoms with E-state index in [0.29, 0.717) is 9.99 Å². The van der Waals surface area contributed by atoms with Crippen LogP contribution in [0.25, 0.3) is 0 Å². The van der Waals surface area contributed by atoms with Crippen LogP contribution in [0, 0.1) is 3.57 Å². The number of alkyl halides is 3. The fraction of sp³-hybridized carbons (Fsp3) is 0.400. The van der Waals surface area contributed by atoms with E-state index in [0.717, 1.165) is 6.07 Å². The van der Waals surface area contributed by atoms with Gasteiger partial charge in [-0.1, -0.05) is 0 Å². The number of hydrogen-bond acceptors (Lipinski definition) is 3. The minimum atomic E-state index is -4.48. The van der Waals surface area contributed by atoms with E-state index in [1.807, 2.05) is 22.6 Å². The van der Waals surface area contributed by atoms with Crippen LogP contribution >= 0.6 is 22.6 Å². The highest BCUT2D eigenvalue weighted by Gasteiger charge is 2.32. The number of carboxylic acids is 1. The van der Waals surface area contributed by atoms with Gasteiger partial charge in [-0.05, 0) is 41.1 Å². The van der Waals surface area contributed by atoms with Crippen LogP contribution in [0.15, 0.2) is 12.1 Å². The zero-order valence-corrected chi connectivity index (χ0v) is 11.2. The molecule has 0 unspecified atom stereocenters. The third-order valence-corrected chi connectivity index (χ3v) is 2.87. The summed E-state index contributed by atoms with van der Waals surface area (Å²) in [4.78, 5) is 13.7. The van der Waals surface area contributed by atoms with Crippen LogP contribution in [0.5, 0.6) is 0 Å². The Labute approximate surface area is 115 Å². The van der Waals surface area contributed by atoms with Crippen LogP contribution in [0.1, 0.15) is 18.5 Å². The lowest BCUT2D eigenvalue weighted by molar-refractivity contribution is -0.141. The SMILES string of the molecule is O=C(O)CCCNc1nc(C(F)(F)F)ccc1I. The molecule has 2 N–H and O–H groups in total. The number of aliphatic carboxylic acids is 1. The Bertz CT molecular complexity index is 438. The average Bonchev–Trinajstić information content (AvgIpc) is 2.24. The summed E-state index contributed by atoms with van der Waals surface area (Å²) in [5, 5.41) is 11.1. The molecule has 1 rings (SSSR count). The molecule has 0 aliphatic rings. The van der Waals surface area contributed by atoms with Gasteiger partial charge in [-0.15, -0.1) is 0 Å². The third kappa shape index (κ3) is 4.67. The van der Waals surface area contributed by atoms with Crippen LogP contribution in [-0.2, 0) is 11.0 Å². The minimum Gasteiger partial charge on any atom is -0.481 e. The van der Waals surface area contributed by atoms with Crippen molar-refractivity contribution in [1.82, 2.24) is 4.98 Å². The van der Waals surface area contributed by atoms with Gasteiger partial charge in [0.25, 0.3) is 0 Å². The molecule has 0 fully saturated rings. The molecule has 1 aromatic heterocycles. The van der Waals surface area contributed by atoms with Crippen molar-refractivity contribution in [2.24, 2.45) is 0 Å². The maximum absolute atomic E-state index is 12.4. The molecule has 0 radical (unpaired) electrons. The molecule has 0 spiro atoms. The number of pyridine rings is 1. The van der Waals surface area contributed by atoms with E-state index in [9.17, 15) is 18.0 Å². The quantitative estimate of drug-likeness (QED) is 0.615. The number of aromatic nitrogens is 1. The van der Waals surface area contributed by atoms with E-state index in [1.165, 1.54) is 6.07 Å². The standard InChI is InChI=1S/C10H10F3IN2O2/c11-10(12,13)7-4-3-6(14)9(16-7)15-5-1-2-8(17)18/h3-4H,1-2,5H2,(H,15,16)(H,17,18). The van der Waals surface area contributed by atoms with Gasteiger partial charge in [0.15, 0.2) is 0 Å². The first-order chi connectivity index (χ1) is 8.30. The monoisotopic (exact) mass is 374 g/mol. The van der Waals surface area contributed by atoms with Crippen LogP contribution in [0.2, 0.25) is 0 Å². The summed E-state index contributed by atoms with van der Waals surface area (Å²) in [6, 6.07) is 2.22. The number of nitrogens with zero attached hydrogens (tertiary/aromatic N) is 1. The van der Waals surface area contributed by atoms with Crippen molar-refractivity contribution >= 4 is 34.4 Å². The topological polar surface area (TPSA) is 62.2 Å². The fourth-order valence-corrected chi connectivity index (χ4v) is 1.66. The molecule has 0 bridgehead atoms. The number of anilines is 1. The number of nitrogens with one attached hydrogen (secondary N) is 1. The van der Waals surface area contributed by atoms with Gasteiger partial charge in [0.2, 0.25) is 0 Å². The lowest BCUT2D eigenvalue weighted by Gasteiger charge is -2.11. The molecule has 4 nitrogen and oxygen atoms in total. The lowest BCUT2D eigenvalue weighted by Crippen LogP contribution is -2.12. The van der Waals surface area contributed by atoms with Gasteiger partial charge < -0.3 is 10.4 Å². The Kier molecular flexibility index (Phi) is 5.17. The maximum atomic E-state index is 12.4. The molecule has 18 heavy (non-hydrogen) atoms. The first kappa shape index (κ1) is 15.0. The largest absolute Gasteiger partial charge is 0.481 e. The van der Waals surface area contributed by atoms with E-state index >= 15 is 0 Å². The van der Waals surface area contributed by atoms with E-state index in [4.69, 9.17) is 5.11 Å². The van der Waals surface area contributed by atoms with Gasteiger partial charge in [0.05, 0.1) is 3.57 Å². The van der Waals surface area contributed by atoms with Crippen molar-refractivity contribution in [2.45, 2.75) is 19.0 Å². The van der Waals surface area contributed by atoms with Gasteiger partial charge in [0, 0.05) is 13.0 Å². The molecule has 100 valence electrons. The van der Waals surface area contributed by atoms with Crippen LogP contribution in [0.3, 0.4) is 0 Å². The summed E-state index contributed by atoms with van der Waals surface area (Å²) in [7, 11) is 0. The van der Waals surface area contributed by atoms with Gasteiger partial charge in [0.1, 0.15) is 11.5 Å². The average molecular weight is 374 g/mol. The van der Waals surface area contributed by atoms with Crippen molar-refractivity contribution in [3.63, 3.8) is 0 Å². The number of hydrogen-bond donors (Lipinski definition) is 2. The highest BCUT2D eigenvalue weighted by atomic mass is 127. The second-order valence-corrected chi connectivity index (χ2v) is 4.61. The van der Waals surface area contributed by atoms with Crippen molar-refractivity contribution in [2.75, 3.05) is 11.9 Å². The zero-order chi connectivity index (χ0) is 13.8. The van der Waals surface area contributed by atoms with Gasteiger partial charge in [-0.3, -0.25) is 4.79 Å². The van der Waals surface area contributed by atoms with Crippen molar-refractivity contribution in [3.05, 3.63) is 21.4 Å². The Morgan fingerprint density at radius 1 is 1.44 bits per heavy atom. The predicted molar refractivity (Wildman–Crippen MR) is 67.3 cm³/mol. The molecule has 0 saturated heterocycles. The second kappa shape index (κ2) is 6.21. The molecule has 8 heteroatoms. The molecule has 0 aromatic carbocycles. The summed E-state index contributed by atoms with van der Waals surface area (Å²) in [5.74, 6) is -0.820. The number of rotatable bonds is 5. The predicted octanol–water partition coefficient (Wildman–Crippen LogP) is 2.98. The Balaban J connectivity index is 2.67. The Morgan fingerprint density at radius 2 is 2.11 bits per heavy atom. The summed E-state index contributed by atoms with van der Waals surface area (Å²) >= 11 is 1.86. The summed E-state index contributed by atoms with van der Waals surface area (Å²) < 4.78 is 37.8. The van der Waals surface area contributed by atoms with E-state index in [-0.39, 0.29) is 18.8 Å². The van der Waals surface area contributed by atoms with Gasteiger partial charge in [-0.2, -0.15) is 13.2 Å². The zero-order valence-electron chi connectivity index (χ0n) is 9.09. The number of halogens is 4. The molecule has 0 amide bonds. The highest BCUT2D eigenvalue weighted by Crippen LogP contribution is 2.29. The highest BCUT2D eigenvalue weighted by molar-refractivity contribution is 14.1. The fourth-order valence-electron chi connectivity index (χ4n) is 1.17. The summed E-state index contributed by atoms with van der Waals surface area (Å²) in [5.41, 5.74) is -0.969. The molecule has 0 atom stereocenters. The maximum Gasteiger partial charge on any atom is 0.433 e. The molecule has 0 aliphatic carbocycles. The molecule has 0 saturated carbocycles. The van der Waals surface area contributed by atoms with Gasteiger partial charge >= 0.3 is 12.1 Å². The third-order valence-electron chi connectivity index (χ3n) is 2.00. The van der Waals surface area contributed by atoms with Crippen molar-refractivity contribution in [3.8, 4) is 0 Å². The number of carboxylic acid groups (broad SMARTS) is 1. The van der Waals surface area contributed by atoms with Crippen molar-refractivity contribution in [1.29, 1.82) is 0 Å². The first-order valence-corrected chi connectivity index (χ1v) is 6.08. The second-order valence-electron chi connectivity index (χ2n) is 3.45. The minimum absolute atomic E-state index is 0.0391. The van der Waals surface area contributed by atoms with E-state index in [1.54, 1.807) is 0 Å². The van der Waals surface area contributed by atoms with Gasteiger partial charge in [-0.25, -0.2) is 4.98 Å². The smallest absolute Gasteiger partial charge is 0.433 e. The molecule has 1 aromatic rings. The van der Waals surface area contributed by atoms with Crippen LogP contribution < -0.4 is 5.32 Å². The Hall–Kier alpha value is -1.06. The molecule has 0 aliphatic heterocycles. The Morgan fingerprint density at radius 3 is 2.67 bits per heavy atom. The van der Waals surface area contributed by atoms with Crippen molar-refractivity contribution < 1.29 is 23.1 Å². The molecular formula is C10H10F3IN2O2. The molecule has 1 heterocycles. The number of carbonyl (C=O) groups is 1. The van der Waals surface area contributed by atoms with E-state index in [2.05, 4.69) is 10.3 Å². The first-order valence-electron chi connectivity index (χ1n) is 5.00. The normalized spacial score (nSPS) is 11.3. The lowest BCUT2D eigenvalue weighted by atomic mass is 10.3. The summed E-state index contributed by atoms with van der Waals surface area (Å²) in [6.45, 7) is 0.261. The van der Waals surface area contributed by atoms with Crippen LogP contribution in [-0.4, -0.2) is 22.6 Å². The van der Waals surface area contributed by atoms with E-state index < -0.39 is 17.8 Å². The molecular weight excluding hydrogens is 364 g/mol.